The molecule has 0 atom stereocenters. The molecule has 5 nitrogen and oxygen atoms in total. The van der Waals surface area contributed by atoms with Crippen molar-refractivity contribution in [1.82, 2.24) is 4.31 Å². The van der Waals surface area contributed by atoms with Crippen molar-refractivity contribution in [3.63, 3.8) is 0 Å². The first-order chi connectivity index (χ1) is 8.70. The first kappa shape index (κ1) is 16.2. The van der Waals surface area contributed by atoms with Crippen LogP contribution in [0.4, 0.5) is 0 Å². The first-order valence-corrected chi connectivity index (χ1v) is 7.38. The molecule has 0 N–H and O–H groups in total. The summed E-state index contributed by atoms with van der Waals surface area (Å²) in [7, 11) is -1.42. The van der Waals surface area contributed by atoms with Gasteiger partial charge in [0, 0.05) is 12.1 Å². The molecule has 0 saturated carbocycles. The third kappa shape index (κ3) is 3.60. The van der Waals surface area contributed by atoms with Gasteiger partial charge in [0.2, 0.25) is 10.0 Å². The summed E-state index contributed by atoms with van der Waals surface area (Å²) in [4.78, 5) is 11.0. The van der Waals surface area contributed by atoms with Crippen LogP contribution in [-0.2, 0) is 19.6 Å². The molecule has 0 amide bonds. The van der Waals surface area contributed by atoms with E-state index in [9.17, 15) is 13.2 Å². The number of ether oxygens (including phenoxy) is 1. The average molecular weight is 326 g/mol. The molecule has 0 aliphatic rings. The molecular weight excluding hydrogens is 313 g/mol. The van der Waals surface area contributed by atoms with Gasteiger partial charge in [-0.1, -0.05) is 23.2 Å². The van der Waals surface area contributed by atoms with Crippen LogP contribution in [0.5, 0.6) is 0 Å². The van der Waals surface area contributed by atoms with E-state index >= 15 is 0 Å². The fourth-order valence-electron chi connectivity index (χ4n) is 1.33. The largest absolute Gasteiger partial charge is 0.468 e. The maximum absolute atomic E-state index is 12.3. The van der Waals surface area contributed by atoms with Gasteiger partial charge in [-0.25, -0.2) is 8.42 Å². The van der Waals surface area contributed by atoms with Gasteiger partial charge >= 0.3 is 5.97 Å². The van der Waals surface area contributed by atoms with E-state index in [0.717, 1.165) is 4.31 Å². The molecule has 1 aromatic carbocycles. The van der Waals surface area contributed by atoms with Crippen LogP contribution in [-0.4, -0.2) is 39.4 Å². The Morgan fingerprint density at radius 3 is 2.42 bits per heavy atom. The fourth-order valence-corrected chi connectivity index (χ4v) is 3.25. The zero-order valence-corrected chi connectivity index (χ0v) is 12.9. The van der Waals surface area contributed by atoms with E-state index in [1.165, 1.54) is 26.3 Å². The highest BCUT2D eigenvalue weighted by Crippen LogP contribution is 2.29. The van der Waals surface area contributed by atoms with Crippen LogP contribution in [0.1, 0.15) is 5.56 Å². The second-order valence-electron chi connectivity index (χ2n) is 3.87. The lowest BCUT2D eigenvalue weighted by molar-refractivity contribution is -0.140. The number of esters is 1. The minimum absolute atomic E-state index is 0.00677. The maximum atomic E-state index is 12.3. The molecule has 0 spiro atoms. The molecule has 19 heavy (non-hydrogen) atoms. The van der Waals surface area contributed by atoms with E-state index in [0.29, 0.717) is 10.6 Å². The second-order valence-corrected chi connectivity index (χ2v) is 6.70. The van der Waals surface area contributed by atoms with Crippen LogP contribution in [0, 0.1) is 6.92 Å². The molecule has 0 radical (unpaired) electrons. The Morgan fingerprint density at radius 2 is 1.89 bits per heavy atom. The summed E-state index contributed by atoms with van der Waals surface area (Å²) in [5, 5.41) is 0.381. The van der Waals surface area contributed by atoms with Crippen LogP contribution < -0.4 is 0 Å². The monoisotopic (exact) mass is 325 g/mol. The predicted molar refractivity (Wildman–Crippen MR) is 73.0 cm³/mol. The van der Waals surface area contributed by atoms with Gasteiger partial charge in [0.1, 0.15) is 11.4 Å². The Labute approximate surface area is 122 Å². The summed E-state index contributed by atoms with van der Waals surface area (Å²) in [6.45, 7) is 1.27. The molecule has 1 aromatic rings. The van der Waals surface area contributed by atoms with Crippen molar-refractivity contribution in [1.29, 1.82) is 0 Å². The van der Waals surface area contributed by atoms with Crippen molar-refractivity contribution in [2.24, 2.45) is 0 Å². The van der Waals surface area contributed by atoms with Crippen molar-refractivity contribution >= 4 is 39.2 Å². The number of carbonyl (C=O) groups excluding carboxylic acids is 1. The van der Waals surface area contributed by atoms with Gasteiger partial charge in [-0.15, -0.1) is 0 Å². The number of carbonyl (C=O) groups is 1. The smallest absolute Gasteiger partial charge is 0.321 e. The van der Waals surface area contributed by atoms with Gasteiger partial charge in [0.25, 0.3) is 0 Å². The van der Waals surface area contributed by atoms with Crippen LogP contribution in [0.15, 0.2) is 17.0 Å². The summed E-state index contributed by atoms with van der Waals surface area (Å²) >= 11 is 11.7. The van der Waals surface area contributed by atoms with Gasteiger partial charge in [0.15, 0.2) is 0 Å². The third-order valence-electron chi connectivity index (χ3n) is 2.48. The minimum Gasteiger partial charge on any atom is -0.468 e. The second kappa shape index (κ2) is 6.09. The van der Waals surface area contributed by atoms with E-state index in [1.54, 1.807) is 6.92 Å². The first-order valence-electron chi connectivity index (χ1n) is 5.19. The van der Waals surface area contributed by atoms with E-state index in [4.69, 9.17) is 23.2 Å². The summed E-state index contributed by atoms with van der Waals surface area (Å²) in [6.07, 6.45) is 0. The van der Waals surface area contributed by atoms with Crippen molar-refractivity contribution in [2.75, 3.05) is 20.7 Å². The molecule has 0 unspecified atom stereocenters. The summed E-state index contributed by atoms with van der Waals surface area (Å²) in [6, 6.07) is 2.73. The Hall–Kier alpha value is -0.820. The lowest BCUT2D eigenvalue weighted by Crippen LogP contribution is -2.32. The molecule has 0 saturated heterocycles. The lowest BCUT2D eigenvalue weighted by atomic mass is 10.2. The number of halogens is 2. The number of hydrogen-bond acceptors (Lipinski definition) is 4. The number of aryl methyl sites for hydroxylation is 1. The van der Waals surface area contributed by atoms with Gasteiger partial charge < -0.3 is 4.74 Å². The topological polar surface area (TPSA) is 63.7 Å². The Morgan fingerprint density at radius 1 is 1.32 bits per heavy atom. The van der Waals surface area contributed by atoms with E-state index in [-0.39, 0.29) is 9.92 Å². The highest BCUT2D eigenvalue weighted by atomic mass is 35.5. The molecule has 0 aromatic heterocycles. The quantitative estimate of drug-likeness (QED) is 0.795. The zero-order valence-electron chi connectivity index (χ0n) is 10.6. The molecule has 0 aliphatic heterocycles. The van der Waals surface area contributed by atoms with Crippen LogP contribution in [0.2, 0.25) is 10.0 Å². The van der Waals surface area contributed by atoms with Gasteiger partial charge in [-0.05, 0) is 24.6 Å². The fraction of sp³-hybridized carbons (Fsp3) is 0.364. The molecule has 0 bridgehead atoms. The number of sulfonamides is 1. The standard InChI is InChI=1S/C11H13Cl2NO4S/c1-7-4-10(9(13)5-8(7)12)19(16,17)14(2)6-11(15)18-3/h4-5H,6H2,1-3H3. The number of rotatable bonds is 4. The van der Waals surface area contributed by atoms with Crippen molar-refractivity contribution in [2.45, 2.75) is 11.8 Å². The SMILES string of the molecule is COC(=O)CN(C)S(=O)(=O)c1cc(C)c(Cl)cc1Cl. The Kier molecular flexibility index (Phi) is 5.20. The highest BCUT2D eigenvalue weighted by Gasteiger charge is 2.26. The van der Waals surface area contributed by atoms with Crippen LogP contribution >= 0.6 is 23.2 Å². The number of likely N-dealkylation sites (N-methyl/N-ethyl adjacent to an activating group) is 1. The highest BCUT2D eigenvalue weighted by molar-refractivity contribution is 7.89. The minimum atomic E-state index is -3.87. The number of methoxy groups -OCH3 is 1. The molecule has 0 heterocycles. The molecule has 106 valence electrons. The summed E-state index contributed by atoms with van der Waals surface area (Å²) < 4.78 is 29.8. The molecular formula is C11H13Cl2NO4S. The summed E-state index contributed by atoms with van der Waals surface area (Å²) in [5.41, 5.74) is 0.580. The van der Waals surface area contributed by atoms with E-state index < -0.39 is 22.5 Å². The number of hydrogen-bond donors (Lipinski definition) is 0. The van der Waals surface area contributed by atoms with Crippen LogP contribution in [0.25, 0.3) is 0 Å². The van der Waals surface area contributed by atoms with Gasteiger partial charge in [-0.3, -0.25) is 4.79 Å². The summed E-state index contributed by atoms with van der Waals surface area (Å²) in [5.74, 6) is -0.659. The molecule has 8 heteroatoms. The van der Waals surface area contributed by atoms with E-state index in [2.05, 4.69) is 4.74 Å². The maximum Gasteiger partial charge on any atom is 0.321 e. The van der Waals surface area contributed by atoms with Gasteiger partial charge in [-0.2, -0.15) is 4.31 Å². The van der Waals surface area contributed by atoms with Crippen molar-refractivity contribution in [3.05, 3.63) is 27.7 Å². The number of benzene rings is 1. The number of nitrogens with zero attached hydrogens (tertiary/aromatic N) is 1. The van der Waals surface area contributed by atoms with E-state index in [1.807, 2.05) is 0 Å². The zero-order chi connectivity index (χ0) is 14.8. The Balaban J connectivity index is 3.20. The van der Waals surface area contributed by atoms with Gasteiger partial charge in [0.05, 0.1) is 12.1 Å². The average Bonchev–Trinajstić information content (AvgIpc) is 2.33. The molecule has 0 fully saturated rings. The Bertz CT molecular complexity index is 601. The van der Waals surface area contributed by atoms with Crippen molar-refractivity contribution in [3.8, 4) is 0 Å². The predicted octanol–water partition coefficient (Wildman–Crippen LogP) is 2.10. The van der Waals surface area contributed by atoms with Crippen LogP contribution in [0.3, 0.4) is 0 Å². The van der Waals surface area contributed by atoms with Crippen molar-refractivity contribution < 1.29 is 17.9 Å². The normalized spacial score (nSPS) is 11.7. The third-order valence-corrected chi connectivity index (χ3v) is 5.16. The molecule has 1 rings (SSSR count). The molecule has 0 aliphatic carbocycles. The lowest BCUT2D eigenvalue weighted by Gasteiger charge is -2.17.